The maximum absolute atomic E-state index is 13.1. The highest BCUT2D eigenvalue weighted by Gasteiger charge is 2.30. The maximum atomic E-state index is 13.1. The molecule has 0 spiro atoms. The van der Waals surface area contributed by atoms with Crippen molar-refractivity contribution in [1.82, 2.24) is 0 Å². The van der Waals surface area contributed by atoms with Crippen molar-refractivity contribution in [1.29, 1.82) is 0 Å². The lowest BCUT2D eigenvalue weighted by atomic mass is 10.0. The van der Waals surface area contributed by atoms with Crippen LogP contribution in [0.1, 0.15) is 408 Å². The van der Waals surface area contributed by atoms with Crippen molar-refractivity contribution in [3.63, 3.8) is 0 Å². The zero-order valence-corrected chi connectivity index (χ0v) is 66.0. The Labute approximate surface area is 600 Å². The van der Waals surface area contributed by atoms with Crippen LogP contribution in [-0.4, -0.2) is 96.7 Å². The third kappa shape index (κ3) is 72.4. The fraction of sp³-hybridized carbons (Fsp3) is 0.949. The Bertz CT molecular complexity index is 1900. The van der Waals surface area contributed by atoms with E-state index in [1.807, 2.05) is 0 Å². The molecule has 19 heteroatoms. The lowest BCUT2D eigenvalue weighted by Gasteiger charge is -2.21. The Kier molecular flexibility index (Phi) is 68.1. The number of unbranched alkanes of at least 4 members (excludes halogenated alkanes) is 45. The molecule has 0 bridgehead atoms. The molecule has 0 aliphatic rings. The van der Waals surface area contributed by atoms with Gasteiger partial charge in [0.1, 0.15) is 19.3 Å². The van der Waals surface area contributed by atoms with Gasteiger partial charge in [-0.05, 0) is 43.4 Å². The fourth-order valence-corrected chi connectivity index (χ4v) is 13.7. The number of phosphoric acid groups is 2. The first-order valence-electron chi connectivity index (χ1n) is 40.8. The second-order valence-corrected chi connectivity index (χ2v) is 32.8. The molecule has 0 saturated heterocycles. The van der Waals surface area contributed by atoms with Gasteiger partial charge in [-0.15, -0.1) is 0 Å². The molecule has 0 aromatic carbocycles. The predicted molar refractivity (Wildman–Crippen MR) is 400 cm³/mol. The van der Waals surface area contributed by atoms with Gasteiger partial charge < -0.3 is 33.8 Å². The number of carbonyl (C=O) groups is 4. The van der Waals surface area contributed by atoms with Crippen LogP contribution in [-0.2, 0) is 65.4 Å². The van der Waals surface area contributed by atoms with Crippen LogP contribution < -0.4 is 0 Å². The number of rotatable bonds is 77. The maximum Gasteiger partial charge on any atom is 0.472 e. The minimum atomic E-state index is -4.96. The molecule has 0 aliphatic heterocycles. The summed E-state index contributed by atoms with van der Waals surface area (Å²) in [6, 6.07) is 0. The molecule has 0 saturated carbocycles. The Morgan fingerprint density at radius 3 is 0.694 bits per heavy atom. The number of phosphoric ester groups is 2. The molecule has 98 heavy (non-hydrogen) atoms. The van der Waals surface area contributed by atoms with E-state index in [1.54, 1.807) is 0 Å². The molecule has 0 heterocycles. The molecule has 0 aliphatic carbocycles. The third-order valence-corrected chi connectivity index (χ3v) is 20.3. The summed E-state index contributed by atoms with van der Waals surface area (Å²) in [6.07, 6.45) is 56.8. The topological polar surface area (TPSA) is 237 Å². The molecule has 17 nitrogen and oxygen atoms in total. The largest absolute Gasteiger partial charge is 0.472 e. The predicted octanol–water partition coefficient (Wildman–Crippen LogP) is 23.4. The van der Waals surface area contributed by atoms with E-state index in [9.17, 15) is 43.2 Å². The Hall–Kier alpha value is -1.94. The van der Waals surface area contributed by atoms with Crippen molar-refractivity contribution in [2.75, 3.05) is 39.6 Å². The molecular formula is C79H154O17P2. The Balaban J connectivity index is 5.25. The number of ether oxygens (including phenoxy) is 4. The van der Waals surface area contributed by atoms with E-state index >= 15 is 0 Å². The number of aliphatic hydroxyl groups is 1. The van der Waals surface area contributed by atoms with Crippen LogP contribution in [0, 0.1) is 17.8 Å². The summed E-state index contributed by atoms with van der Waals surface area (Å²) in [4.78, 5) is 72.9. The highest BCUT2D eigenvalue weighted by atomic mass is 31.2. The molecule has 582 valence electrons. The van der Waals surface area contributed by atoms with Crippen molar-refractivity contribution in [2.24, 2.45) is 17.8 Å². The van der Waals surface area contributed by atoms with E-state index in [0.717, 1.165) is 108 Å². The van der Waals surface area contributed by atoms with Crippen LogP contribution in [0.4, 0.5) is 0 Å². The van der Waals surface area contributed by atoms with Gasteiger partial charge in [0.05, 0.1) is 26.4 Å². The van der Waals surface area contributed by atoms with E-state index < -0.39 is 97.5 Å². The van der Waals surface area contributed by atoms with Gasteiger partial charge in [0, 0.05) is 25.7 Å². The summed E-state index contributed by atoms with van der Waals surface area (Å²) in [5.41, 5.74) is 0. The smallest absolute Gasteiger partial charge is 0.462 e. The lowest BCUT2D eigenvalue weighted by Crippen LogP contribution is -2.30. The highest BCUT2D eigenvalue weighted by Crippen LogP contribution is 2.45. The molecule has 5 atom stereocenters. The molecule has 0 amide bonds. The number of aliphatic hydroxyl groups excluding tert-OH is 1. The lowest BCUT2D eigenvalue weighted by molar-refractivity contribution is -0.161. The van der Waals surface area contributed by atoms with Crippen LogP contribution >= 0.6 is 15.6 Å². The summed E-state index contributed by atoms with van der Waals surface area (Å²) >= 11 is 0. The second-order valence-electron chi connectivity index (χ2n) is 29.9. The van der Waals surface area contributed by atoms with E-state index in [0.29, 0.717) is 25.7 Å². The minimum Gasteiger partial charge on any atom is -0.462 e. The monoisotopic (exact) mass is 1440 g/mol. The van der Waals surface area contributed by atoms with Gasteiger partial charge >= 0.3 is 39.5 Å². The van der Waals surface area contributed by atoms with Gasteiger partial charge in [0.25, 0.3) is 0 Å². The zero-order valence-electron chi connectivity index (χ0n) is 64.3. The average molecular weight is 1440 g/mol. The summed E-state index contributed by atoms with van der Waals surface area (Å²) < 4.78 is 68.6. The van der Waals surface area contributed by atoms with Crippen LogP contribution in [0.25, 0.3) is 0 Å². The normalized spacial score (nSPS) is 14.0. The summed E-state index contributed by atoms with van der Waals surface area (Å²) in [5.74, 6) is 0.249. The number of hydrogen-bond donors (Lipinski definition) is 3. The van der Waals surface area contributed by atoms with Crippen LogP contribution in [0.2, 0.25) is 0 Å². The van der Waals surface area contributed by atoms with E-state index in [-0.39, 0.29) is 25.7 Å². The number of esters is 4. The molecule has 3 N–H and O–H groups in total. The first-order valence-corrected chi connectivity index (χ1v) is 43.8. The van der Waals surface area contributed by atoms with Gasteiger partial charge in [-0.25, -0.2) is 9.13 Å². The highest BCUT2D eigenvalue weighted by molar-refractivity contribution is 7.47. The molecule has 0 radical (unpaired) electrons. The summed E-state index contributed by atoms with van der Waals surface area (Å²) in [5, 5.41) is 10.6. The van der Waals surface area contributed by atoms with Crippen molar-refractivity contribution < 1.29 is 80.2 Å². The number of hydrogen-bond acceptors (Lipinski definition) is 15. The van der Waals surface area contributed by atoms with Crippen LogP contribution in [0.15, 0.2) is 0 Å². The molecule has 0 fully saturated rings. The van der Waals surface area contributed by atoms with Crippen molar-refractivity contribution in [3.05, 3.63) is 0 Å². The fourth-order valence-electron chi connectivity index (χ4n) is 12.1. The summed E-state index contributed by atoms with van der Waals surface area (Å²) in [7, 11) is -9.92. The van der Waals surface area contributed by atoms with Gasteiger partial charge in [-0.2, -0.15) is 0 Å². The van der Waals surface area contributed by atoms with Gasteiger partial charge in [0.2, 0.25) is 0 Å². The molecule has 0 rings (SSSR count). The van der Waals surface area contributed by atoms with Gasteiger partial charge in [-0.3, -0.25) is 37.3 Å². The quantitative estimate of drug-likeness (QED) is 0.0222. The average Bonchev–Trinajstić information content (AvgIpc) is 1.14. The van der Waals surface area contributed by atoms with Crippen molar-refractivity contribution in [2.45, 2.75) is 426 Å². The first kappa shape index (κ1) is 96.1. The van der Waals surface area contributed by atoms with E-state index in [1.165, 1.54) is 218 Å². The minimum absolute atomic E-state index is 0.107. The van der Waals surface area contributed by atoms with E-state index in [2.05, 4.69) is 48.5 Å². The second kappa shape index (κ2) is 69.4. The summed E-state index contributed by atoms with van der Waals surface area (Å²) in [6.45, 7) is 12.0. The Morgan fingerprint density at radius 2 is 0.469 bits per heavy atom. The van der Waals surface area contributed by atoms with Crippen LogP contribution in [0.3, 0.4) is 0 Å². The van der Waals surface area contributed by atoms with Crippen LogP contribution in [0.5, 0.6) is 0 Å². The third-order valence-electron chi connectivity index (χ3n) is 18.4. The molecule has 0 aromatic rings. The first-order chi connectivity index (χ1) is 47.2. The molecule has 2 unspecified atom stereocenters. The van der Waals surface area contributed by atoms with Crippen molar-refractivity contribution >= 4 is 39.5 Å². The van der Waals surface area contributed by atoms with E-state index in [4.69, 9.17) is 37.0 Å². The standard InChI is InChI=1S/C79H154O17P2/c1-8-9-10-11-12-13-32-39-46-53-60-76(81)89-66-74(95-79(84)63-56-49-42-35-28-22-20-25-31-38-45-52-59-72(6)7)68-93-97(85,86)91-64-73(80)65-92-98(87,88)94-69-75(67-90-77(82)61-54-47-40-33-26-21-19-24-30-37-44-51-58-71(4)5)96-78(83)62-55-48-41-34-27-18-16-14-15-17-23-29-36-43-50-57-70(2)3/h70-75,80H,8-69H2,1-7H3,(H,85,86)(H,87,88)/t73-,74+,75+/m0/s1. The molecular weight excluding hydrogens is 1280 g/mol. The number of carbonyl (C=O) groups excluding carboxylic acids is 4. The van der Waals surface area contributed by atoms with Gasteiger partial charge in [0.15, 0.2) is 12.2 Å². The molecule has 0 aromatic heterocycles. The van der Waals surface area contributed by atoms with Gasteiger partial charge in [-0.1, -0.05) is 357 Å². The SMILES string of the molecule is CCCCCCCCCCCCC(=O)OC[C@H](COP(=O)(O)OC[C@H](O)COP(=O)(O)OC[C@@H](COC(=O)CCCCCCCCCCCCCCC(C)C)OC(=O)CCCCCCCCCCCCCCCCCC(C)C)OC(=O)CCCCCCCCCCCCCCC(C)C. The Morgan fingerprint density at radius 1 is 0.276 bits per heavy atom. The zero-order chi connectivity index (χ0) is 72.3. The van der Waals surface area contributed by atoms with Crippen molar-refractivity contribution in [3.8, 4) is 0 Å².